The molecule has 351 valence electrons. The molecule has 0 spiro atoms. The van der Waals surface area contributed by atoms with E-state index in [1.54, 1.807) is 103 Å². The van der Waals surface area contributed by atoms with Crippen molar-refractivity contribution in [3.8, 4) is 23.0 Å². The Bertz CT molecular complexity index is 3530. The number of nitro groups is 4. The fraction of sp³-hybridized carbons (Fsp3) is 0. The Labute approximate surface area is 435 Å². The summed E-state index contributed by atoms with van der Waals surface area (Å²) in [6.07, 6.45) is 0. The Morgan fingerprint density at radius 3 is 1.43 bits per heavy atom. The fourth-order valence-electron chi connectivity index (χ4n) is 6.57. The van der Waals surface area contributed by atoms with Crippen molar-refractivity contribution in [2.24, 2.45) is 25.4 Å². The number of benzene rings is 8. The first-order chi connectivity index (χ1) is 33.5. The molecular weight excluding hydrogens is 992 g/mol. The van der Waals surface area contributed by atoms with E-state index in [9.17, 15) is 70.8 Å². The molecule has 0 fully saturated rings. The van der Waals surface area contributed by atoms with Crippen molar-refractivity contribution in [3.05, 3.63) is 197 Å². The Morgan fingerprint density at radius 2 is 0.944 bits per heavy atom. The molecule has 0 heterocycles. The second kappa shape index (κ2) is 23.4. The van der Waals surface area contributed by atoms with Gasteiger partial charge >= 0.3 is 46.9 Å². The summed E-state index contributed by atoms with van der Waals surface area (Å²) in [5.41, 5.74) is -5.14. The Kier molecular flexibility index (Phi) is 17.4. The maximum atomic E-state index is 13.1. The van der Waals surface area contributed by atoms with Crippen molar-refractivity contribution in [1.29, 1.82) is 0 Å². The number of amides is 1. The molecule has 24 nitrogen and oxygen atoms in total. The number of nitrogens with one attached hydrogen (secondary N) is 1. The molecule has 26 heteroatoms. The number of aromatic hydroxyl groups is 1. The van der Waals surface area contributed by atoms with Crippen LogP contribution in [-0.2, 0) is 17.4 Å². The van der Waals surface area contributed by atoms with Crippen molar-refractivity contribution in [3.63, 3.8) is 0 Å². The number of anilines is 1. The van der Waals surface area contributed by atoms with Gasteiger partial charge in [0.1, 0.15) is 5.69 Å². The molecule has 0 bridgehead atoms. The van der Waals surface area contributed by atoms with Gasteiger partial charge in [-0.2, -0.15) is 15.3 Å². The quantitative estimate of drug-likeness (QED) is 0.0367. The zero-order chi connectivity index (χ0) is 50.2. The van der Waals surface area contributed by atoms with Gasteiger partial charge in [-0.25, -0.2) is 0 Å². The number of para-hydroxylation sites is 2. The molecule has 0 aromatic heterocycles. The summed E-state index contributed by atoms with van der Waals surface area (Å²) in [4.78, 5) is 57.3. The van der Waals surface area contributed by atoms with Crippen molar-refractivity contribution in [1.82, 2.24) is 0 Å². The number of hydrogen-bond donors (Lipinski definition) is 2. The summed E-state index contributed by atoms with van der Waals surface area (Å²) in [5.74, 6) is -5.29. The van der Waals surface area contributed by atoms with Gasteiger partial charge < -0.3 is 30.8 Å². The first kappa shape index (κ1) is 53.7. The molecule has 8 aromatic rings. The van der Waals surface area contributed by atoms with Crippen LogP contribution in [0.3, 0.4) is 0 Å². The van der Waals surface area contributed by atoms with E-state index in [0.29, 0.717) is 45.7 Å². The van der Waals surface area contributed by atoms with Gasteiger partial charge in [-0.3, -0.25) is 50.2 Å². The largest absolute Gasteiger partial charge is 3.00 e. The van der Waals surface area contributed by atoms with E-state index < -0.39 is 88.6 Å². The van der Waals surface area contributed by atoms with Crippen molar-refractivity contribution in [2.75, 3.05) is 5.32 Å². The predicted octanol–water partition coefficient (Wildman–Crippen LogP) is 5.76. The number of carbonyl (C=O) groups is 1. The molecule has 0 unspecified atom stereocenters. The number of azo groups is 2. The van der Waals surface area contributed by atoms with Gasteiger partial charge in [0.25, 0.3) is 28.7 Å². The zero-order valence-corrected chi connectivity index (χ0v) is 39.8. The standard InChI is InChI=1S/2C23H15N5O7.Cr.Na/c2*29-21-17(23(31)24-14-7-2-1-3-8-14)10-13-6-4-5-9-16(13)20(21)26-25-18-11-15(27(32)33)12-19(22(18)30)28(34)35;;/h2*1-12,29-30H,(H,24,31);;/q;;+3;+1/p-4. The number of nitrogens with zero attached hydrogens (tertiary/aromatic N) is 9. The minimum atomic E-state index is -1.22. The van der Waals surface area contributed by atoms with Gasteiger partial charge in [-0.15, -0.1) is 5.11 Å². The third kappa shape index (κ3) is 11.9. The Hall–Kier alpha value is -9.25. The van der Waals surface area contributed by atoms with Crippen molar-refractivity contribution < 1.29 is 96.9 Å². The third-order valence-corrected chi connectivity index (χ3v) is 9.86. The van der Waals surface area contributed by atoms with Gasteiger partial charge in [-0.05, 0) is 58.6 Å². The van der Waals surface area contributed by atoms with Gasteiger partial charge in [-0.1, -0.05) is 90.7 Å². The average molecular weight is 1020 g/mol. The van der Waals surface area contributed by atoms with Crippen LogP contribution in [0.1, 0.15) is 15.9 Å². The number of fused-ring (bicyclic) bond motifs is 2. The fourth-order valence-corrected chi connectivity index (χ4v) is 6.57. The number of phenols is 1. The molecular formula is C46H26CrN10NaO14. The monoisotopic (exact) mass is 1020 g/mol. The van der Waals surface area contributed by atoms with E-state index in [1.807, 2.05) is 0 Å². The number of aliphatic imine (C=N–C) groups is 1. The van der Waals surface area contributed by atoms with Crippen LogP contribution >= 0.6 is 0 Å². The van der Waals surface area contributed by atoms with Crippen LogP contribution in [0.2, 0.25) is 0 Å². The molecule has 0 atom stereocenters. The summed E-state index contributed by atoms with van der Waals surface area (Å²) in [7, 11) is 0. The minimum absolute atomic E-state index is 0. The van der Waals surface area contributed by atoms with E-state index in [-0.39, 0.29) is 74.8 Å². The van der Waals surface area contributed by atoms with Gasteiger partial charge in [0.15, 0.2) is 5.75 Å². The third-order valence-electron chi connectivity index (χ3n) is 9.86. The van der Waals surface area contributed by atoms with E-state index >= 15 is 0 Å². The molecule has 0 aliphatic heterocycles. The van der Waals surface area contributed by atoms with Gasteiger partial charge in [0, 0.05) is 40.1 Å². The topological polar surface area (TPSA) is 376 Å². The smallest absolute Gasteiger partial charge is 0.871 e. The van der Waals surface area contributed by atoms with Crippen LogP contribution in [0.25, 0.3) is 21.5 Å². The van der Waals surface area contributed by atoms with E-state index in [0.717, 1.165) is 6.07 Å². The normalized spacial score (nSPS) is 11.0. The summed E-state index contributed by atoms with van der Waals surface area (Å²) >= 11 is 0. The Morgan fingerprint density at radius 1 is 0.514 bits per heavy atom. The van der Waals surface area contributed by atoms with E-state index in [1.165, 1.54) is 18.2 Å². The summed E-state index contributed by atoms with van der Waals surface area (Å²) in [5, 5.41) is 125. The first-order valence-electron chi connectivity index (χ1n) is 19.8. The molecule has 8 aromatic carbocycles. The molecule has 0 aliphatic carbocycles. The second-order valence-corrected chi connectivity index (χ2v) is 14.3. The van der Waals surface area contributed by atoms with Crippen LogP contribution < -0.4 is 55.3 Å². The summed E-state index contributed by atoms with van der Waals surface area (Å²) in [6.45, 7) is 0. The molecule has 72 heavy (non-hydrogen) atoms. The second-order valence-electron chi connectivity index (χ2n) is 14.3. The maximum absolute atomic E-state index is 13.1. The van der Waals surface area contributed by atoms with Crippen LogP contribution in [0, 0.1) is 40.5 Å². The molecule has 0 saturated heterocycles. The van der Waals surface area contributed by atoms with Crippen LogP contribution in [0.5, 0.6) is 23.0 Å². The molecule has 0 saturated carbocycles. The summed E-state index contributed by atoms with van der Waals surface area (Å²) in [6, 6.07) is 35.0. The van der Waals surface area contributed by atoms with Crippen molar-refractivity contribution >= 4 is 90.2 Å². The maximum Gasteiger partial charge on any atom is 3.00 e. The predicted molar refractivity (Wildman–Crippen MR) is 243 cm³/mol. The van der Waals surface area contributed by atoms with E-state index in [2.05, 4.69) is 30.8 Å². The SMILES string of the molecule is O=C(Nc1ccccc1)c1cc2ccccc2c(N=Nc2cc([N+](=O)[O-])cc([N+](=O)[O-])c2[O-])c1O.O=[N+]([O-])c1cc(N=Nc2c([O-])c(C([O-])=Nc3ccccc3)cc3ccccc23)c([O-])c([N+](=O)[O-])c1.[Cr+3].[Na+]. The van der Waals surface area contributed by atoms with Gasteiger partial charge in [0.05, 0.1) is 60.1 Å². The van der Waals surface area contributed by atoms with Crippen LogP contribution in [0.4, 0.5) is 56.9 Å². The molecule has 2 N–H and O–H groups in total. The van der Waals surface area contributed by atoms with Crippen molar-refractivity contribution in [2.45, 2.75) is 0 Å². The number of carbonyl (C=O) groups excluding carboxylic acids is 1. The number of nitro benzene ring substituents is 4. The minimum Gasteiger partial charge on any atom is -0.871 e. The molecule has 1 radical (unpaired) electrons. The van der Waals surface area contributed by atoms with Crippen LogP contribution in [0.15, 0.2) is 171 Å². The summed E-state index contributed by atoms with van der Waals surface area (Å²) < 4.78 is 0. The Balaban J connectivity index is 0.000000260. The zero-order valence-electron chi connectivity index (χ0n) is 36.5. The molecule has 8 rings (SSSR count). The first-order valence-corrected chi connectivity index (χ1v) is 19.8. The molecule has 0 aliphatic rings. The van der Waals surface area contributed by atoms with Crippen LogP contribution in [-0.4, -0.2) is 36.6 Å². The number of rotatable bonds is 12. The molecule has 1 amide bonds. The van der Waals surface area contributed by atoms with Gasteiger partial charge in [0.2, 0.25) is 0 Å². The number of phenolic OH excluding ortho intramolecular Hbond substituents is 1. The number of non-ortho nitro benzene ring substituents is 2. The number of hydrogen-bond acceptors (Lipinski definition) is 19. The van der Waals surface area contributed by atoms with E-state index in [4.69, 9.17) is 0 Å². The average Bonchev–Trinajstić information content (AvgIpc) is 3.34.